The Labute approximate surface area is 122 Å². The van der Waals surface area contributed by atoms with Crippen molar-refractivity contribution in [1.82, 2.24) is 0 Å². The lowest BCUT2D eigenvalue weighted by molar-refractivity contribution is -0.142. The number of hydrogen-bond acceptors (Lipinski definition) is 5. The van der Waals surface area contributed by atoms with Crippen LogP contribution in [0.2, 0.25) is 0 Å². The van der Waals surface area contributed by atoms with Gasteiger partial charge in [-0.15, -0.1) is 0 Å². The molecule has 1 amide bonds. The molecule has 0 aliphatic carbocycles. The monoisotopic (exact) mass is 298 g/mol. The molecule has 116 valence electrons. The van der Waals surface area contributed by atoms with Crippen LogP contribution < -0.4 is 11.1 Å². The number of anilines is 1. The number of hydrogen-bond donors (Lipinski definition) is 2. The summed E-state index contributed by atoms with van der Waals surface area (Å²) in [7, 11) is 1.16. The van der Waals surface area contributed by atoms with E-state index in [9.17, 15) is 14.0 Å². The zero-order valence-corrected chi connectivity index (χ0v) is 12.4. The van der Waals surface area contributed by atoms with Gasteiger partial charge in [-0.3, -0.25) is 10.1 Å². The summed E-state index contributed by atoms with van der Waals surface area (Å²) in [6, 6.07) is 2.44. The molecule has 0 saturated carbocycles. The van der Waals surface area contributed by atoms with Crippen LogP contribution >= 0.6 is 0 Å². The maximum Gasteiger partial charge on any atom is 0.412 e. The van der Waals surface area contributed by atoms with Gasteiger partial charge in [0.2, 0.25) is 0 Å². The van der Waals surface area contributed by atoms with Crippen LogP contribution in [0.5, 0.6) is 0 Å². The molecule has 0 aromatic heterocycles. The Morgan fingerprint density at radius 1 is 1.33 bits per heavy atom. The van der Waals surface area contributed by atoms with E-state index in [0.717, 1.165) is 13.2 Å². The van der Waals surface area contributed by atoms with Gasteiger partial charge >= 0.3 is 12.1 Å². The van der Waals surface area contributed by atoms with Crippen LogP contribution in [0.3, 0.4) is 0 Å². The number of rotatable bonds is 3. The second-order valence-electron chi connectivity index (χ2n) is 5.36. The Balaban J connectivity index is 2.92. The smallest absolute Gasteiger partial charge is 0.412 e. The number of benzene rings is 1. The molecule has 21 heavy (non-hydrogen) atoms. The molecule has 0 aliphatic heterocycles. The first-order chi connectivity index (χ1) is 9.64. The van der Waals surface area contributed by atoms with Gasteiger partial charge < -0.3 is 15.2 Å². The third kappa shape index (κ3) is 5.03. The molecule has 0 radical (unpaired) electrons. The van der Waals surface area contributed by atoms with Crippen LogP contribution in [0.4, 0.5) is 14.9 Å². The Kier molecular flexibility index (Phi) is 5.26. The minimum Gasteiger partial charge on any atom is -0.468 e. The average molecular weight is 298 g/mol. The van der Waals surface area contributed by atoms with E-state index in [1.807, 2.05) is 0 Å². The van der Waals surface area contributed by atoms with Crippen LogP contribution in [-0.2, 0) is 14.3 Å². The SMILES string of the molecule is COC(=O)C(N)c1cc(NC(=O)OC(C)(C)C)ccc1F. The van der Waals surface area contributed by atoms with Gasteiger partial charge in [-0.05, 0) is 39.0 Å². The van der Waals surface area contributed by atoms with Crippen LogP contribution in [0, 0.1) is 5.82 Å². The van der Waals surface area contributed by atoms with Crippen molar-refractivity contribution >= 4 is 17.7 Å². The van der Waals surface area contributed by atoms with Crippen molar-refractivity contribution in [3.63, 3.8) is 0 Å². The molecule has 0 heterocycles. The summed E-state index contributed by atoms with van der Waals surface area (Å²) in [5.41, 5.74) is 5.13. The van der Waals surface area contributed by atoms with Crippen molar-refractivity contribution in [2.24, 2.45) is 5.73 Å². The van der Waals surface area contributed by atoms with Crippen LogP contribution in [0.1, 0.15) is 32.4 Å². The molecule has 1 atom stereocenters. The molecular weight excluding hydrogens is 279 g/mol. The molecule has 0 fully saturated rings. The summed E-state index contributed by atoms with van der Waals surface area (Å²) in [6.45, 7) is 5.15. The number of amides is 1. The summed E-state index contributed by atoms with van der Waals surface area (Å²) >= 11 is 0. The molecule has 0 bridgehead atoms. The fourth-order valence-electron chi connectivity index (χ4n) is 1.54. The summed E-state index contributed by atoms with van der Waals surface area (Å²) in [5, 5.41) is 2.44. The first-order valence-electron chi connectivity index (χ1n) is 6.27. The highest BCUT2D eigenvalue weighted by atomic mass is 19.1. The summed E-state index contributed by atoms with van der Waals surface area (Å²) in [6.07, 6.45) is -0.688. The Morgan fingerprint density at radius 3 is 2.48 bits per heavy atom. The first kappa shape index (κ1) is 16.9. The van der Waals surface area contributed by atoms with Gasteiger partial charge in [0, 0.05) is 11.3 Å². The van der Waals surface area contributed by atoms with Crippen LogP contribution in [0.25, 0.3) is 0 Å². The van der Waals surface area contributed by atoms with E-state index in [1.165, 1.54) is 12.1 Å². The van der Waals surface area contributed by atoms with Gasteiger partial charge in [0.1, 0.15) is 17.5 Å². The maximum absolute atomic E-state index is 13.7. The van der Waals surface area contributed by atoms with E-state index >= 15 is 0 Å². The summed E-state index contributed by atoms with van der Waals surface area (Å²) in [4.78, 5) is 23.0. The Bertz CT molecular complexity index is 540. The minimum absolute atomic E-state index is 0.0737. The van der Waals surface area contributed by atoms with Gasteiger partial charge in [0.25, 0.3) is 0 Å². The zero-order valence-electron chi connectivity index (χ0n) is 12.4. The van der Waals surface area contributed by atoms with E-state index in [4.69, 9.17) is 10.5 Å². The number of halogens is 1. The van der Waals surface area contributed by atoms with Crippen LogP contribution in [-0.4, -0.2) is 24.8 Å². The number of esters is 1. The van der Waals surface area contributed by atoms with Crippen molar-refractivity contribution < 1.29 is 23.5 Å². The molecular formula is C14H19FN2O4. The standard InChI is InChI=1S/C14H19FN2O4/c1-14(2,3)21-13(19)17-8-5-6-10(15)9(7-8)11(16)12(18)20-4/h5-7,11H,16H2,1-4H3,(H,17,19). The van der Waals surface area contributed by atoms with Gasteiger partial charge in [-0.2, -0.15) is 0 Å². The lowest BCUT2D eigenvalue weighted by Crippen LogP contribution is -2.27. The molecule has 0 spiro atoms. The molecule has 1 unspecified atom stereocenters. The second kappa shape index (κ2) is 6.53. The first-order valence-corrected chi connectivity index (χ1v) is 6.27. The second-order valence-corrected chi connectivity index (χ2v) is 5.36. The Morgan fingerprint density at radius 2 is 1.95 bits per heavy atom. The topological polar surface area (TPSA) is 90.6 Å². The number of carbonyl (C=O) groups excluding carboxylic acids is 2. The third-order valence-corrected chi connectivity index (χ3v) is 2.43. The third-order valence-electron chi connectivity index (χ3n) is 2.43. The minimum atomic E-state index is -1.27. The van der Waals surface area contributed by atoms with E-state index in [2.05, 4.69) is 10.1 Å². The van der Waals surface area contributed by atoms with E-state index < -0.39 is 29.5 Å². The normalized spacial score (nSPS) is 12.5. The van der Waals surface area contributed by atoms with E-state index in [0.29, 0.717) is 0 Å². The number of nitrogens with two attached hydrogens (primary N) is 1. The van der Waals surface area contributed by atoms with Crippen molar-refractivity contribution in [2.45, 2.75) is 32.4 Å². The number of carbonyl (C=O) groups is 2. The highest BCUT2D eigenvalue weighted by Crippen LogP contribution is 2.21. The van der Waals surface area contributed by atoms with Crippen molar-refractivity contribution in [2.75, 3.05) is 12.4 Å². The van der Waals surface area contributed by atoms with E-state index in [1.54, 1.807) is 20.8 Å². The molecule has 1 aromatic rings. The summed E-state index contributed by atoms with van der Waals surface area (Å²) in [5.74, 6) is -1.44. The quantitative estimate of drug-likeness (QED) is 0.836. The van der Waals surface area contributed by atoms with Crippen molar-refractivity contribution in [1.29, 1.82) is 0 Å². The average Bonchev–Trinajstić information content (AvgIpc) is 2.37. The number of nitrogens with one attached hydrogen (secondary N) is 1. The fraction of sp³-hybridized carbons (Fsp3) is 0.429. The predicted molar refractivity (Wildman–Crippen MR) is 75.2 cm³/mol. The van der Waals surface area contributed by atoms with Crippen molar-refractivity contribution in [3.8, 4) is 0 Å². The van der Waals surface area contributed by atoms with Crippen LogP contribution in [0.15, 0.2) is 18.2 Å². The number of ether oxygens (including phenoxy) is 2. The summed E-state index contributed by atoms with van der Waals surface area (Å²) < 4.78 is 23.2. The van der Waals surface area contributed by atoms with Gasteiger partial charge in [-0.25, -0.2) is 9.18 Å². The molecule has 1 rings (SSSR count). The number of methoxy groups -OCH3 is 1. The lowest BCUT2D eigenvalue weighted by atomic mass is 10.1. The fourth-order valence-corrected chi connectivity index (χ4v) is 1.54. The molecule has 7 heteroatoms. The molecule has 6 nitrogen and oxygen atoms in total. The molecule has 1 aromatic carbocycles. The molecule has 0 saturated heterocycles. The van der Waals surface area contributed by atoms with Gasteiger partial charge in [0.05, 0.1) is 7.11 Å². The Hall–Kier alpha value is -2.15. The molecule has 0 aliphatic rings. The van der Waals surface area contributed by atoms with Crippen molar-refractivity contribution in [3.05, 3.63) is 29.6 Å². The van der Waals surface area contributed by atoms with E-state index in [-0.39, 0.29) is 11.3 Å². The highest BCUT2D eigenvalue weighted by Gasteiger charge is 2.21. The van der Waals surface area contributed by atoms with Gasteiger partial charge in [0.15, 0.2) is 0 Å². The largest absolute Gasteiger partial charge is 0.468 e. The lowest BCUT2D eigenvalue weighted by Gasteiger charge is -2.20. The predicted octanol–water partition coefficient (Wildman–Crippen LogP) is 2.35. The zero-order chi connectivity index (χ0) is 16.2. The highest BCUT2D eigenvalue weighted by molar-refractivity contribution is 5.85. The van der Waals surface area contributed by atoms with Gasteiger partial charge in [-0.1, -0.05) is 0 Å². The molecule has 3 N–H and O–H groups in total. The maximum atomic E-state index is 13.7.